The number of hydrogen-bond acceptors (Lipinski definition) is 2. The Kier molecular flexibility index (Phi) is 4.81. The summed E-state index contributed by atoms with van der Waals surface area (Å²) in [6, 6.07) is 4.94. The first-order chi connectivity index (χ1) is 8.99. The first kappa shape index (κ1) is 16.5. The standard InChI is InChI=1S/C14H19F3N2O/c1-13(2,3)11(18)12(20)19-10-6-4-5-9(7-10)8-14(15,16)17/h4-7,11H,8,18H2,1-3H3,(H,19,20)/t11-/m1/s1. The molecule has 6 heteroatoms. The second-order valence-electron chi connectivity index (χ2n) is 5.83. The number of halogens is 3. The van der Waals surface area contributed by atoms with Gasteiger partial charge in [0.05, 0.1) is 12.5 Å². The van der Waals surface area contributed by atoms with Crippen molar-refractivity contribution in [3.63, 3.8) is 0 Å². The van der Waals surface area contributed by atoms with E-state index in [2.05, 4.69) is 5.32 Å². The molecule has 3 N–H and O–H groups in total. The largest absolute Gasteiger partial charge is 0.393 e. The Labute approximate surface area is 116 Å². The Morgan fingerprint density at radius 2 is 1.90 bits per heavy atom. The lowest BCUT2D eigenvalue weighted by Crippen LogP contribution is -2.45. The lowest BCUT2D eigenvalue weighted by molar-refractivity contribution is -0.127. The van der Waals surface area contributed by atoms with Crippen LogP contribution in [-0.4, -0.2) is 18.1 Å². The number of alkyl halides is 3. The van der Waals surface area contributed by atoms with E-state index < -0.39 is 30.0 Å². The third-order valence-corrected chi connectivity index (χ3v) is 2.81. The molecule has 1 aromatic carbocycles. The predicted molar refractivity (Wildman–Crippen MR) is 72.3 cm³/mol. The number of nitrogens with two attached hydrogens (primary N) is 1. The zero-order valence-corrected chi connectivity index (χ0v) is 11.7. The minimum Gasteiger partial charge on any atom is -0.325 e. The molecule has 1 amide bonds. The summed E-state index contributed by atoms with van der Waals surface area (Å²) in [4.78, 5) is 11.9. The number of nitrogens with one attached hydrogen (secondary N) is 1. The van der Waals surface area contributed by atoms with Crippen molar-refractivity contribution < 1.29 is 18.0 Å². The molecule has 0 aromatic heterocycles. The number of rotatable bonds is 3. The van der Waals surface area contributed by atoms with Crippen LogP contribution in [0.5, 0.6) is 0 Å². The molecule has 1 atom stereocenters. The van der Waals surface area contributed by atoms with E-state index in [0.29, 0.717) is 5.69 Å². The third kappa shape index (κ3) is 5.21. The number of carbonyl (C=O) groups excluding carboxylic acids is 1. The minimum absolute atomic E-state index is 0.0969. The molecule has 0 bridgehead atoms. The highest BCUT2D eigenvalue weighted by Gasteiger charge is 2.29. The van der Waals surface area contributed by atoms with E-state index in [1.165, 1.54) is 24.3 Å². The Morgan fingerprint density at radius 3 is 2.40 bits per heavy atom. The average molecular weight is 288 g/mol. The number of carbonyl (C=O) groups is 1. The number of anilines is 1. The fraction of sp³-hybridized carbons (Fsp3) is 0.500. The van der Waals surface area contributed by atoms with Crippen molar-refractivity contribution in [3.8, 4) is 0 Å². The lowest BCUT2D eigenvalue weighted by atomic mass is 9.87. The maximum atomic E-state index is 12.3. The van der Waals surface area contributed by atoms with Crippen LogP contribution in [-0.2, 0) is 11.2 Å². The third-order valence-electron chi connectivity index (χ3n) is 2.81. The summed E-state index contributed by atoms with van der Waals surface area (Å²) in [7, 11) is 0. The highest BCUT2D eigenvalue weighted by Crippen LogP contribution is 2.23. The van der Waals surface area contributed by atoms with Crippen molar-refractivity contribution in [2.45, 2.75) is 39.4 Å². The Bertz CT molecular complexity index is 478. The first-order valence-corrected chi connectivity index (χ1v) is 6.21. The average Bonchev–Trinajstić information content (AvgIpc) is 2.24. The highest BCUT2D eigenvalue weighted by atomic mass is 19.4. The molecule has 0 unspecified atom stereocenters. The van der Waals surface area contributed by atoms with Gasteiger partial charge in [-0.3, -0.25) is 4.79 Å². The summed E-state index contributed by atoms with van der Waals surface area (Å²) >= 11 is 0. The smallest absolute Gasteiger partial charge is 0.325 e. The van der Waals surface area contributed by atoms with Crippen molar-refractivity contribution in [1.82, 2.24) is 0 Å². The molecule has 1 aromatic rings. The van der Waals surface area contributed by atoms with Crippen LogP contribution in [0.25, 0.3) is 0 Å². The van der Waals surface area contributed by atoms with Crippen LogP contribution >= 0.6 is 0 Å². The molecule has 3 nitrogen and oxygen atoms in total. The van der Waals surface area contributed by atoms with Crippen molar-refractivity contribution in [3.05, 3.63) is 29.8 Å². The number of hydrogen-bond donors (Lipinski definition) is 2. The van der Waals surface area contributed by atoms with Gasteiger partial charge in [-0.1, -0.05) is 32.9 Å². The summed E-state index contributed by atoms with van der Waals surface area (Å²) < 4.78 is 36.9. The maximum Gasteiger partial charge on any atom is 0.393 e. The number of benzene rings is 1. The zero-order valence-electron chi connectivity index (χ0n) is 11.7. The zero-order chi connectivity index (χ0) is 15.6. The van der Waals surface area contributed by atoms with E-state index in [1.807, 2.05) is 20.8 Å². The normalized spacial score (nSPS) is 13.9. The van der Waals surface area contributed by atoms with Crippen LogP contribution in [0.4, 0.5) is 18.9 Å². The van der Waals surface area contributed by atoms with Crippen molar-refractivity contribution >= 4 is 11.6 Å². The van der Waals surface area contributed by atoms with Crippen molar-refractivity contribution in [1.29, 1.82) is 0 Å². The van der Waals surface area contributed by atoms with Gasteiger partial charge < -0.3 is 11.1 Å². The van der Waals surface area contributed by atoms with E-state index in [4.69, 9.17) is 5.73 Å². The summed E-state index contributed by atoms with van der Waals surface area (Å²) in [6.07, 6.45) is -5.30. The van der Waals surface area contributed by atoms with Gasteiger partial charge in [-0.05, 0) is 23.1 Å². The summed E-state index contributed by atoms with van der Waals surface area (Å²) in [5, 5.41) is 2.54. The molecular formula is C14H19F3N2O. The van der Waals surface area contributed by atoms with Gasteiger partial charge in [0.25, 0.3) is 0 Å². The van der Waals surface area contributed by atoms with E-state index in [9.17, 15) is 18.0 Å². The summed E-state index contributed by atoms with van der Waals surface area (Å²) in [5.41, 5.74) is 5.78. The van der Waals surface area contributed by atoms with Gasteiger partial charge in [0, 0.05) is 5.69 Å². The number of amides is 1. The quantitative estimate of drug-likeness (QED) is 0.898. The molecule has 0 spiro atoms. The molecule has 1 rings (SSSR count). The van der Waals surface area contributed by atoms with Crippen LogP contribution in [0.2, 0.25) is 0 Å². The SMILES string of the molecule is CC(C)(C)[C@H](N)C(=O)Nc1cccc(CC(F)(F)F)c1. The van der Waals surface area contributed by atoms with Crippen LogP contribution in [0.3, 0.4) is 0 Å². The van der Waals surface area contributed by atoms with Gasteiger partial charge in [-0.25, -0.2) is 0 Å². The molecule has 0 aliphatic carbocycles. The van der Waals surface area contributed by atoms with Gasteiger partial charge >= 0.3 is 6.18 Å². The second-order valence-corrected chi connectivity index (χ2v) is 5.83. The van der Waals surface area contributed by atoms with Gasteiger partial charge in [-0.15, -0.1) is 0 Å². The van der Waals surface area contributed by atoms with Gasteiger partial charge in [0.2, 0.25) is 5.91 Å². The van der Waals surface area contributed by atoms with Crippen LogP contribution in [0.1, 0.15) is 26.3 Å². The molecule has 0 saturated heterocycles. The fourth-order valence-electron chi connectivity index (χ4n) is 1.60. The fourth-order valence-corrected chi connectivity index (χ4v) is 1.60. The van der Waals surface area contributed by atoms with Crippen LogP contribution < -0.4 is 11.1 Å². The Morgan fingerprint density at radius 1 is 1.30 bits per heavy atom. The lowest BCUT2D eigenvalue weighted by Gasteiger charge is -2.25. The molecule has 0 radical (unpaired) electrons. The van der Waals surface area contributed by atoms with E-state index in [0.717, 1.165) is 0 Å². The summed E-state index contributed by atoms with van der Waals surface area (Å²) in [5.74, 6) is -0.415. The van der Waals surface area contributed by atoms with Crippen molar-refractivity contribution in [2.75, 3.05) is 5.32 Å². The van der Waals surface area contributed by atoms with E-state index in [-0.39, 0.29) is 5.56 Å². The molecule has 20 heavy (non-hydrogen) atoms. The first-order valence-electron chi connectivity index (χ1n) is 6.21. The van der Waals surface area contributed by atoms with Gasteiger partial charge in [-0.2, -0.15) is 13.2 Å². The molecule has 112 valence electrons. The molecule has 0 heterocycles. The molecule has 0 fully saturated rings. The van der Waals surface area contributed by atoms with Gasteiger partial charge in [0.15, 0.2) is 0 Å². The Balaban J connectivity index is 2.79. The van der Waals surface area contributed by atoms with E-state index >= 15 is 0 Å². The predicted octanol–water partition coefficient (Wildman–Crippen LogP) is 3.10. The summed E-state index contributed by atoms with van der Waals surface area (Å²) in [6.45, 7) is 5.45. The second kappa shape index (κ2) is 5.83. The Hall–Kier alpha value is -1.56. The highest BCUT2D eigenvalue weighted by molar-refractivity contribution is 5.95. The van der Waals surface area contributed by atoms with Gasteiger partial charge in [0.1, 0.15) is 0 Å². The molecule has 0 aliphatic heterocycles. The molecular weight excluding hydrogens is 269 g/mol. The topological polar surface area (TPSA) is 55.1 Å². The maximum absolute atomic E-state index is 12.3. The van der Waals surface area contributed by atoms with E-state index in [1.54, 1.807) is 0 Å². The van der Waals surface area contributed by atoms with Crippen LogP contribution in [0, 0.1) is 5.41 Å². The van der Waals surface area contributed by atoms with Crippen LogP contribution in [0.15, 0.2) is 24.3 Å². The molecule has 0 aliphatic rings. The minimum atomic E-state index is -4.27. The monoisotopic (exact) mass is 288 g/mol. The van der Waals surface area contributed by atoms with Crippen molar-refractivity contribution in [2.24, 2.45) is 11.1 Å². The molecule has 0 saturated carbocycles.